The maximum atomic E-state index is 12.2. The molecule has 5 nitrogen and oxygen atoms in total. The zero-order chi connectivity index (χ0) is 19.0. The van der Waals surface area contributed by atoms with E-state index in [1.54, 1.807) is 0 Å². The van der Waals surface area contributed by atoms with Crippen LogP contribution in [0.3, 0.4) is 0 Å². The minimum Gasteiger partial charge on any atom is -0.364 e. The van der Waals surface area contributed by atoms with Gasteiger partial charge in [-0.05, 0) is 61.4 Å². The topological polar surface area (TPSA) is 62.3 Å². The smallest absolute Gasteiger partial charge is 0.235 e. The number of benzene rings is 2. The fourth-order valence-electron chi connectivity index (χ4n) is 3.36. The highest BCUT2D eigenvalue weighted by atomic mass is 79.9. The third-order valence-corrected chi connectivity index (χ3v) is 7.14. The first-order chi connectivity index (χ1) is 12.9. The van der Waals surface area contributed by atoms with Crippen molar-refractivity contribution >= 4 is 48.4 Å². The summed E-state index contributed by atoms with van der Waals surface area (Å²) in [7, 11) is -3.17. The van der Waals surface area contributed by atoms with Crippen LogP contribution in [0.5, 0.6) is 0 Å². The highest BCUT2D eigenvalue weighted by Crippen LogP contribution is 2.28. The predicted octanol–water partition coefficient (Wildman–Crippen LogP) is 4.71. The summed E-state index contributed by atoms with van der Waals surface area (Å²) in [5, 5.41) is 4.49. The van der Waals surface area contributed by atoms with Crippen LogP contribution in [0.1, 0.15) is 24.9 Å². The van der Waals surface area contributed by atoms with Crippen molar-refractivity contribution in [3.05, 3.63) is 64.6 Å². The molecule has 0 bridgehead atoms. The Morgan fingerprint density at radius 3 is 2.78 bits per heavy atom. The third kappa shape index (κ3) is 3.80. The molecule has 140 valence electrons. The summed E-state index contributed by atoms with van der Waals surface area (Å²) in [6.45, 7) is 2.60. The molecule has 0 amide bonds. The summed E-state index contributed by atoms with van der Waals surface area (Å²) in [6.07, 6.45) is 0.678. The lowest BCUT2D eigenvalue weighted by Gasteiger charge is -2.20. The maximum Gasteiger partial charge on any atom is 0.235 e. The van der Waals surface area contributed by atoms with E-state index < -0.39 is 10.0 Å². The Balaban J connectivity index is 1.57. The van der Waals surface area contributed by atoms with Gasteiger partial charge in [-0.1, -0.05) is 28.1 Å². The Morgan fingerprint density at radius 1 is 1.15 bits per heavy atom. The zero-order valence-electron chi connectivity index (χ0n) is 14.9. The van der Waals surface area contributed by atoms with E-state index in [0.29, 0.717) is 13.0 Å². The molecule has 0 saturated carbocycles. The van der Waals surface area contributed by atoms with E-state index in [0.717, 1.165) is 32.4 Å². The van der Waals surface area contributed by atoms with Gasteiger partial charge in [-0.2, -0.15) is 0 Å². The van der Waals surface area contributed by atoms with Gasteiger partial charge in [-0.25, -0.2) is 13.4 Å². The van der Waals surface area contributed by atoms with Gasteiger partial charge in [0, 0.05) is 16.4 Å². The van der Waals surface area contributed by atoms with E-state index in [-0.39, 0.29) is 11.8 Å². The lowest BCUT2D eigenvalue weighted by molar-refractivity contribution is 0.599. The fourth-order valence-corrected chi connectivity index (χ4v) is 5.30. The standard InChI is InChI=1S/C20H20BrN3O2S/c1-14(22-20-9-6-16-12-17(21)7-8-19(16)23-20)15-4-2-5-18(13-15)24-10-3-11-27(24,25)26/h2,4-9,12-14H,3,10-11H2,1H3,(H,22,23). The Kier molecular flexibility index (Phi) is 4.82. The van der Waals surface area contributed by atoms with Crippen molar-refractivity contribution in [2.75, 3.05) is 21.9 Å². The Bertz CT molecular complexity index is 1100. The number of hydrogen-bond donors (Lipinski definition) is 1. The molecule has 2 aromatic carbocycles. The highest BCUT2D eigenvalue weighted by molar-refractivity contribution is 9.10. The summed E-state index contributed by atoms with van der Waals surface area (Å²) in [5.74, 6) is 1.01. The van der Waals surface area contributed by atoms with Gasteiger partial charge in [-0.3, -0.25) is 4.31 Å². The van der Waals surface area contributed by atoms with Crippen LogP contribution in [0.25, 0.3) is 10.9 Å². The molecule has 1 atom stereocenters. The molecule has 0 aliphatic carbocycles. The molecular weight excluding hydrogens is 426 g/mol. The maximum absolute atomic E-state index is 12.2. The molecule has 1 aromatic heterocycles. The van der Waals surface area contributed by atoms with Crippen LogP contribution < -0.4 is 9.62 Å². The summed E-state index contributed by atoms with van der Waals surface area (Å²) >= 11 is 3.47. The number of anilines is 2. The van der Waals surface area contributed by atoms with Crippen LogP contribution in [-0.2, 0) is 10.0 Å². The Morgan fingerprint density at radius 2 is 2.00 bits per heavy atom. The van der Waals surface area contributed by atoms with Crippen molar-refractivity contribution in [2.45, 2.75) is 19.4 Å². The highest BCUT2D eigenvalue weighted by Gasteiger charge is 2.28. The van der Waals surface area contributed by atoms with Gasteiger partial charge < -0.3 is 5.32 Å². The second-order valence-corrected chi connectivity index (χ2v) is 9.66. The van der Waals surface area contributed by atoms with Gasteiger partial charge in [0.1, 0.15) is 5.82 Å². The third-order valence-electron chi connectivity index (χ3n) is 4.77. The lowest BCUT2D eigenvalue weighted by atomic mass is 10.1. The van der Waals surface area contributed by atoms with Crippen molar-refractivity contribution in [1.29, 1.82) is 0 Å². The zero-order valence-corrected chi connectivity index (χ0v) is 17.3. The molecule has 1 aliphatic heterocycles. The molecule has 1 unspecified atom stereocenters. The molecule has 2 heterocycles. The average Bonchev–Trinajstić information content (AvgIpc) is 3.01. The van der Waals surface area contributed by atoms with Crippen LogP contribution in [0.2, 0.25) is 0 Å². The Hall–Kier alpha value is -2.12. The minimum atomic E-state index is -3.17. The molecular formula is C20H20BrN3O2S. The molecule has 0 radical (unpaired) electrons. The summed E-state index contributed by atoms with van der Waals surface area (Å²) in [5.41, 5.74) is 2.68. The normalized spacial score (nSPS) is 17.2. The van der Waals surface area contributed by atoms with Gasteiger partial charge in [-0.15, -0.1) is 0 Å². The number of hydrogen-bond acceptors (Lipinski definition) is 4. The van der Waals surface area contributed by atoms with E-state index in [1.807, 2.05) is 61.5 Å². The van der Waals surface area contributed by atoms with Crippen LogP contribution in [0.15, 0.2) is 59.1 Å². The fraction of sp³-hybridized carbons (Fsp3) is 0.250. The lowest BCUT2D eigenvalue weighted by Crippen LogP contribution is -2.25. The predicted molar refractivity (Wildman–Crippen MR) is 114 cm³/mol. The molecule has 1 fully saturated rings. The second kappa shape index (κ2) is 7.13. The van der Waals surface area contributed by atoms with Crippen molar-refractivity contribution in [3.8, 4) is 0 Å². The van der Waals surface area contributed by atoms with E-state index in [9.17, 15) is 8.42 Å². The minimum absolute atomic E-state index is 0.00402. The SMILES string of the molecule is CC(Nc1ccc2cc(Br)ccc2n1)c1cccc(N2CCCS2(=O)=O)c1. The second-order valence-electron chi connectivity index (χ2n) is 6.74. The monoisotopic (exact) mass is 445 g/mol. The van der Waals surface area contributed by atoms with Gasteiger partial charge in [0.25, 0.3) is 0 Å². The summed E-state index contributed by atoms with van der Waals surface area (Å²) < 4.78 is 26.9. The van der Waals surface area contributed by atoms with E-state index in [1.165, 1.54) is 4.31 Å². The molecule has 0 spiro atoms. The van der Waals surface area contributed by atoms with Gasteiger partial charge in [0.15, 0.2) is 0 Å². The number of nitrogens with one attached hydrogen (secondary N) is 1. The van der Waals surface area contributed by atoms with Crippen LogP contribution >= 0.6 is 15.9 Å². The number of aromatic nitrogens is 1. The average molecular weight is 446 g/mol. The van der Waals surface area contributed by atoms with Gasteiger partial charge in [0.2, 0.25) is 10.0 Å². The van der Waals surface area contributed by atoms with Crippen molar-refractivity contribution in [1.82, 2.24) is 4.98 Å². The summed E-state index contributed by atoms with van der Waals surface area (Å²) in [4.78, 5) is 4.67. The first-order valence-corrected chi connectivity index (χ1v) is 11.3. The summed E-state index contributed by atoms with van der Waals surface area (Å²) in [6, 6.07) is 17.7. The largest absolute Gasteiger partial charge is 0.364 e. The van der Waals surface area contributed by atoms with Crippen LogP contribution in [0, 0.1) is 0 Å². The number of halogens is 1. The molecule has 1 aliphatic rings. The number of pyridine rings is 1. The molecule has 7 heteroatoms. The van der Waals surface area contributed by atoms with E-state index >= 15 is 0 Å². The number of rotatable bonds is 4. The first kappa shape index (κ1) is 18.3. The molecule has 1 N–H and O–H groups in total. The number of sulfonamides is 1. The van der Waals surface area contributed by atoms with E-state index in [4.69, 9.17) is 0 Å². The first-order valence-electron chi connectivity index (χ1n) is 8.86. The van der Waals surface area contributed by atoms with Gasteiger partial charge in [0.05, 0.1) is 23.0 Å². The molecule has 27 heavy (non-hydrogen) atoms. The Labute approximate surface area is 167 Å². The van der Waals surface area contributed by atoms with Crippen LogP contribution in [0.4, 0.5) is 11.5 Å². The van der Waals surface area contributed by atoms with Crippen molar-refractivity contribution < 1.29 is 8.42 Å². The van der Waals surface area contributed by atoms with Crippen LogP contribution in [-0.4, -0.2) is 25.7 Å². The molecule has 4 rings (SSSR count). The van der Waals surface area contributed by atoms with Gasteiger partial charge >= 0.3 is 0 Å². The number of fused-ring (bicyclic) bond motifs is 1. The number of nitrogens with zero attached hydrogens (tertiary/aromatic N) is 2. The molecule has 1 saturated heterocycles. The van der Waals surface area contributed by atoms with Crippen molar-refractivity contribution in [3.63, 3.8) is 0 Å². The van der Waals surface area contributed by atoms with E-state index in [2.05, 4.69) is 26.2 Å². The molecule has 3 aromatic rings. The quantitative estimate of drug-likeness (QED) is 0.631. The van der Waals surface area contributed by atoms with Crippen molar-refractivity contribution in [2.24, 2.45) is 0 Å².